The zero-order valence-corrected chi connectivity index (χ0v) is 15.1. The van der Waals surface area contributed by atoms with Crippen molar-refractivity contribution in [3.8, 4) is 0 Å². The molecule has 0 radical (unpaired) electrons. The first-order chi connectivity index (χ1) is 10.7. The summed E-state index contributed by atoms with van der Waals surface area (Å²) in [7, 11) is 0. The van der Waals surface area contributed by atoms with Crippen molar-refractivity contribution in [2.24, 2.45) is 4.99 Å². The van der Waals surface area contributed by atoms with Gasteiger partial charge >= 0.3 is 0 Å². The van der Waals surface area contributed by atoms with E-state index in [2.05, 4.69) is 57.2 Å². The predicted octanol–water partition coefficient (Wildman–Crippen LogP) is 6.84. The van der Waals surface area contributed by atoms with Crippen LogP contribution in [0.3, 0.4) is 0 Å². The van der Waals surface area contributed by atoms with E-state index in [-0.39, 0.29) is 0 Å². The second kappa shape index (κ2) is 12.8. The van der Waals surface area contributed by atoms with E-state index in [0.717, 1.165) is 23.4 Å². The van der Waals surface area contributed by atoms with Crippen LogP contribution in [0.2, 0.25) is 0 Å². The highest BCUT2D eigenvalue weighted by Gasteiger charge is 2.00. The molecule has 1 aromatic rings. The highest BCUT2D eigenvalue weighted by atomic mass is 14.8. The number of rotatable bonds is 6. The van der Waals surface area contributed by atoms with Crippen molar-refractivity contribution >= 4 is 11.4 Å². The number of unbranched alkanes of at least 4 members (excludes halogenated alkanes) is 1. The lowest BCUT2D eigenvalue weighted by molar-refractivity contribution is 0.959. The first-order valence-electron chi connectivity index (χ1n) is 8.29. The van der Waals surface area contributed by atoms with Crippen molar-refractivity contribution < 1.29 is 0 Å². The highest BCUT2D eigenvalue weighted by Crippen LogP contribution is 2.16. The minimum Gasteiger partial charge on any atom is -0.253 e. The van der Waals surface area contributed by atoms with Crippen molar-refractivity contribution in [1.29, 1.82) is 0 Å². The standard InChI is InChI=1S/C19H25N.C2H6/c1-5-7-8-10-13-16(3)17(4)20-19(6-2)18-14-11-9-12-15-18;1-2/h6,8-15H,5,7H2,1-4H3;1-2H3/b10-8-,16-13-,19-6-,20-17+;. The topological polar surface area (TPSA) is 12.4 Å². The molecule has 0 aliphatic rings. The Morgan fingerprint density at radius 1 is 1.09 bits per heavy atom. The normalized spacial score (nSPS) is 13.1. The van der Waals surface area contributed by atoms with Gasteiger partial charge in [-0.15, -0.1) is 0 Å². The van der Waals surface area contributed by atoms with E-state index in [9.17, 15) is 0 Å². The Morgan fingerprint density at radius 3 is 2.27 bits per heavy atom. The van der Waals surface area contributed by atoms with Gasteiger partial charge in [-0.2, -0.15) is 0 Å². The Kier molecular flexibility index (Phi) is 11.7. The van der Waals surface area contributed by atoms with Crippen LogP contribution in [0.25, 0.3) is 5.70 Å². The molecule has 0 bridgehead atoms. The summed E-state index contributed by atoms with van der Waals surface area (Å²) in [6.45, 7) is 12.4. The maximum Gasteiger partial charge on any atom is 0.0662 e. The third-order valence-corrected chi connectivity index (χ3v) is 3.14. The van der Waals surface area contributed by atoms with Gasteiger partial charge in [0, 0.05) is 5.71 Å². The second-order valence-corrected chi connectivity index (χ2v) is 4.80. The molecule has 0 aromatic heterocycles. The van der Waals surface area contributed by atoms with E-state index >= 15 is 0 Å². The summed E-state index contributed by atoms with van der Waals surface area (Å²) in [5.74, 6) is 0. The molecule has 1 nitrogen and oxygen atoms in total. The lowest BCUT2D eigenvalue weighted by Crippen LogP contribution is -1.94. The van der Waals surface area contributed by atoms with E-state index in [4.69, 9.17) is 4.99 Å². The summed E-state index contributed by atoms with van der Waals surface area (Å²) in [5, 5.41) is 0. The zero-order valence-electron chi connectivity index (χ0n) is 15.1. The van der Waals surface area contributed by atoms with Gasteiger partial charge in [-0.05, 0) is 38.3 Å². The Labute approximate surface area is 137 Å². The minimum atomic E-state index is 1.02. The predicted molar refractivity (Wildman–Crippen MR) is 102 cm³/mol. The van der Waals surface area contributed by atoms with Crippen LogP contribution in [0.5, 0.6) is 0 Å². The first kappa shape index (κ1) is 20.1. The van der Waals surface area contributed by atoms with Crippen LogP contribution in [0, 0.1) is 0 Å². The fourth-order valence-electron chi connectivity index (χ4n) is 1.77. The molecule has 22 heavy (non-hydrogen) atoms. The van der Waals surface area contributed by atoms with Gasteiger partial charge < -0.3 is 0 Å². The molecule has 0 spiro atoms. The number of benzene rings is 1. The van der Waals surface area contributed by atoms with Crippen LogP contribution in [0.4, 0.5) is 0 Å². The molecule has 0 fully saturated rings. The Hall–Kier alpha value is -1.89. The van der Waals surface area contributed by atoms with Gasteiger partial charge in [0.2, 0.25) is 0 Å². The fraction of sp³-hybridized carbons (Fsp3) is 0.381. The molecule has 120 valence electrons. The van der Waals surface area contributed by atoms with E-state index in [1.165, 1.54) is 12.0 Å². The van der Waals surface area contributed by atoms with E-state index < -0.39 is 0 Å². The maximum atomic E-state index is 4.74. The monoisotopic (exact) mass is 297 g/mol. The van der Waals surface area contributed by atoms with E-state index in [1.807, 2.05) is 39.0 Å². The molecule has 0 saturated heterocycles. The van der Waals surface area contributed by atoms with Gasteiger partial charge in [-0.1, -0.05) is 81.8 Å². The lowest BCUT2D eigenvalue weighted by Gasteiger charge is -2.05. The average molecular weight is 297 g/mol. The summed E-state index contributed by atoms with van der Waals surface area (Å²) < 4.78 is 0. The fourth-order valence-corrected chi connectivity index (χ4v) is 1.77. The third kappa shape index (κ3) is 7.78. The molecular formula is C21H31N. The molecule has 0 heterocycles. The number of hydrogen-bond acceptors (Lipinski definition) is 1. The molecule has 0 saturated carbocycles. The first-order valence-corrected chi connectivity index (χ1v) is 8.29. The Balaban J connectivity index is 0.00000211. The van der Waals surface area contributed by atoms with Crippen LogP contribution in [0.1, 0.15) is 59.9 Å². The molecule has 0 aliphatic heterocycles. The van der Waals surface area contributed by atoms with Gasteiger partial charge in [-0.3, -0.25) is 4.99 Å². The molecule has 1 rings (SSSR count). The average Bonchev–Trinajstić information content (AvgIpc) is 2.58. The van der Waals surface area contributed by atoms with Crippen molar-refractivity contribution in [2.75, 3.05) is 0 Å². The van der Waals surface area contributed by atoms with Gasteiger partial charge in [-0.25, -0.2) is 0 Å². The summed E-state index contributed by atoms with van der Waals surface area (Å²) in [6.07, 6.45) is 10.8. The lowest BCUT2D eigenvalue weighted by atomic mass is 10.1. The minimum absolute atomic E-state index is 1.02. The molecule has 1 heteroatoms. The Morgan fingerprint density at radius 2 is 1.73 bits per heavy atom. The highest BCUT2D eigenvalue weighted by molar-refractivity contribution is 6.01. The van der Waals surface area contributed by atoms with Crippen molar-refractivity contribution in [3.05, 3.63) is 65.8 Å². The molecule has 0 unspecified atom stereocenters. The smallest absolute Gasteiger partial charge is 0.0662 e. The molecule has 0 N–H and O–H groups in total. The SMILES string of the molecule is CC.C\C=C(/N=C(C)/C(C)=C\C=C/CCC)c1ccccc1. The number of allylic oxidation sites excluding steroid dienone is 5. The van der Waals surface area contributed by atoms with Crippen LogP contribution in [-0.4, -0.2) is 5.71 Å². The van der Waals surface area contributed by atoms with Gasteiger partial charge in [0.1, 0.15) is 0 Å². The van der Waals surface area contributed by atoms with E-state index in [0.29, 0.717) is 0 Å². The van der Waals surface area contributed by atoms with Crippen molar-refractivity contribution in [1.82, 2.24) is 0 Å². The summed E-state index contributed by atoms with van der Waals surface area (Å²) in [5.41, 5.74) is 4.44. The Bertz CT molecular complexity index is 516. The van der Waals surface area contributed by atoms with Crippen LogP contribution in [-0.2, 0) is 0 Å². The van der Waals surface area contributed by atoms with Gasteiger partial charge in [0.05, 0.1) is 5.70 Å². The summed E-state index contributed by atoms with van der Waals surface area (Å²) in [6, 6.07) is 10.3. The van der Waals surface area contributed by atoms with E-state index in [1.54, 1.807) is 0 Å². The second-order valence-electron chi connectivity index (χ2n) is 4.80. The molecule has 0 amide bonds. The number of hydrogen-bond donors (Lipinski definition) is 0. The van der Waals surface area contributed by atoms with Crippen LogP contribution in [0.15, 0.2) is 65.2 Å². The molecule has 1 aromatic carbocycles. The molecule has 0 aliphatic carbocycles. The third-order valence-electron chi connectivity index (χ3n) is 3.14. The van der Waals surface area contributed by atoms with Crippen molar-refractivity contribution in [2.45, 2.75) is 54.4 Å². The number of nitrogens with zero attached hydrogens (tertiary/aromatic N) is 1. The van der Waals surface area contributed by atoms with Crippen LogP contribution < -0.4 is 0 Å². The zero-order chi connectivity index (χ0) is 16.8. The summed E-state index contributed by atoms with van der Waals surface area (Å²) >= 11 is 0. The maximum absolute atomic E-state index is 4.74. The van der Waals surface area contributed by atoms with Gasteiger partial charge in [0.15, 0.2) is 0 Å². The van der Waals surface area contributed by atoms with Crippen LogP contribution >= 0.6 is 0 Å². The largest absolute Gasteiger partial charge is 0.253 e. The molecular weight excluding hydrogens is 266 g/mol. The summed E-state index contributed by atoms with van der Waals surface area (Å²) in [4.78, 5) is 4.74. The molecule has 0 atom stereocenters. The number of aliphatic imine (C=N–C) groups is 1. The quantitative estimate of drug-likeness (QED) is 0.403. The van der Waals surface area contributed by atoms with Gasteiger partial charge in [0.25, 0.3) is 0 Å². The van der Waals surface area contributed by atoms with Crippen molar-refractivity contribution in [3.63, 3.8) is 0 Å².